The van der Waals surface area contributed by atoms with Crippen LogP contribution in [0.4, 0.5) is 0 Å². The lowest BCUT2D eigenvalue weighted by atomic mass is 9.80. The molecule has 0 heterocycles. The zero-order chi connectivity index (χ0) is 14.7. The second-order valence-electron chi connectivity index (χ2n) is 6.89. The van der Waals surface area contributed by atoms with Crippen molar-refractivity contribution in [3.63, 3.8) is 0 Å². The van der Waals surface area contributed by atoms with Crippen LogP contribution in [0.5, 0.6) is 0 Å². The van der Waals surface area contributed by atoms with Crippen LogP contribution in [-0.4, -0.2) is 0 Å². The Morgan fingerprint density at radius 3 is 1.90 bits per heavy atom. The minimum atomic E-state index is 0. The number of rotatable bonds is 3. The first kappa shape index (κ1) is 14.4. The molecule has 1 aliphatic carbocycles. The predicted molar refractivity (Wildman–Crippen MR) is 93.6 cm³/mol. The summed E-state index contributed by atoms with van der Waals surface area (Å²) in [5.41, 5.74) is 5.47. The van der Waals surface area contributed by atoms with Gasteiger partial charge in [0.05, 0.1) is 0 Å². The molecule has 2 aromatic carbocycles. The van der Waals surface area contributed by atoms with Gasteiger partial charge in [-0.15, -0.1) is 0 Å². The van der Waals surface area contributed by atoms with Crippen molar-refractivity contribution in [2.75, 3.05) is 0 Å². The number of hydrogen-bond acceptors (Lipinski definition) is 0. The molecule has 0 unspecified atom stereocenters. The summed E-state index contributed by atoms with van der Waals surface area (Å²) in [6.45, 7) is 4.53. The molecule has 2 aromatic rings. The van der Waals surface area contributed by atoms with Crippen LogP contribution >= 0.6 is 0 Å². The number of aryl methyl sites for hydroxylation is 1. The smallest absolute Gasteiger partial charge is 0 e. The van der Waals surface area contributed by atoms with Crippen LogP contribution in [-0.2, 0) is 6.42 Å². The zero-order valence-corrected chi connectivity index (χ0v) is 13.3. The molecule has 0 saturated heterocycles. The van der Waals surface area contributed by atoms with Crippen LogP contribution in [0.15, 0.2) is 48.5 Å². The van der Waals surface area contributed by atoms with Crippen molar-refractivity contribution in [3.05, 3.63) is 59.7 Å². The first-order chi connectivity index (χ1) is 10.2. The highest BCUT2D eigenvalue weighted by atomic mass is 14.2. The Hall–Kier alpha value is -1.56. The van der Waals surface area contributed by atoms with Gasteiger partial charge in [-0.1, -0.05) is 73.9 Å². The fourth-order valence-corrected chi connectivity index (χ4v) is 3.45. The van der Waals surface area contributed by atoms with Gasteiger partial charge in [-0.2, -0.15) is 0 Å². The highest BCUT2D eigenvalue weighted by Gasteiger charge is 2.18. The zero-order valence-electron chi connectivity index (χ0n) is 13.3. The summed E-state index contributed by atoms with van der Waals surface area (Å²) < 4.78 is 0. The molecule has 0 bridgehead atoms. The molecule has 1 fully saturated rings. The molecular weight excluding hydrogens is 252 g/mol. The molecule has 3 rings (SSSR count). The molecule has 0 atom stereocenters. The van der Waals surface area contributed by atoms with E-state index in [4.69, 9.17) is 0 Å². The van der Waals surface area contributed by atoms with E-state index in [2.05, 4.69) is 62.4 Å². The van der Waals surface area contributed by atoms with Crippen LogP contribution in [0.1, 0.15) is 45.2 Å². The molecule has 0 N–H and O–H groups in total. The van der Waals surface area contributed by atoms with Gasteiger partial charge < -0.3 is 0 Å². The first-order valence-electron chi connectivity index (χ1n) is 8.36. The predicted octanol–water partition coefficient (Wildman–Crippen LogP) is 6.28. The fourth-order valence-electron chi connectivity index (χ4n) is 3.45. The van der Waals surface area contributed by atoms with Crippen molar-refractivity contribution in [1.82, 2.24) is 0 Å². The third-order valence-corrected chi connectivity index (χ3v) is 5.00. The topological polar surface area (TPSA) is 0 Å². The Morgan fingerprint density at radius 1 is 0.810 bits per heavy atom. The maximum absolute atomic E-state index is 2.40. The van der Waals surface area contributed by atoms with E-state index in [1.165, 1.54) is 54.4 Å². The standard InChI is InChI=1S/C21H26.H2/c1-16-3-7-18(8-4-16)15-19-9-13-21(14-10-19)20-11-5-17(2)6-12-20;/h5-6,9-14,16,18H,3-4,7-8,15H2,1-2H3;1H. The van der Waals surface area contributed by atoms with Gasteiger partial charge in [-0.25, -0.2) is 0 Å². The van der Waals surface area contributed by atoms with E-state index in [1.54, 1.807) is 0 Å². The van der Waals surface area contributed by atoms with Crippen molar-refractivity contribution in [3.8, 4) is 11.1 Å². The molecule has 0 radical (unpaired) electrons. The van der Waals surface area contributed by atoms with Crippen LogP contribution in [0.25, 0.3) is 11.1 Å². The van der Waals surface area contributed by atoms with Crippen molar-refractivity contribution in [1.29, 1.82) is 0 Å². The van der Waals surface area contributed by atoms with Crippen LogP contribution < -0.4 is 0 Å². The summed E-state index contributed by atoms with van der Waals surface area (Å²) in [6, 6.07) is 18.0. The average Bonchev–Trinajstić information content (AvgIpc) is 2.51. The average molecular weight is 280 g/mol. The van der Waals surface area contributed by atoms with Gasteiger partial charge in [0.2, 0.25) is 0 Å². The molecule has 112 valence electrons. The second kappa shape index (κ2) is 6.47. The van der Waals surface area contributed by atoms with E-state index in [1.807, 2.05) is 0 Å². The molecule has 0 aliphatic heterocycles. The Bertz CT molecular complexity index is 560. The molecule has 0 spiro atoms. The normalized spacial score (nSPS) is 22.2. The molecule has 0 nitrogen and oxygen atoms in total. The van der Waals surface area contributed by atoms with Crippen molar-refractivity contribution in [2.24, 2.45) is 11.8 Å². The lowest BCUT2D eigenvalue weighted by Gasteiger charge is -2.26. The van der Waals surface area contributed by atoms with Crippen LogP contribution in [0.3, 0.4) is 0 Å². The Labute approximate surface area is 130 Å². The van der Waals surface area contributed by atoms with Gasteiger partial charge >= 0.3 is 0 Å². The van der Waals surface area contributed by atoms with Crippen molar-refractivity contribution < 1.29 is 1.43 Å². The monoisotopic (exact) mass is 280 g/mol. The largest absolute Gasteiger partial charge is 0.0625 e. The Kier molecular flexibility index (Phi) is 4.43. The summed E-state index contributed by atoms with van der Waals surface area (Å²) in [5, 5.41) is 0. The van der Waals surface area contributed by atoms with E-state index >= 15 is 0 Å². The third-order valence-electron chi connectivity index (χ3n) is 5.00. The van der Waals surface area contributed by atoms with Crippen molar-refractivity contribution >= 4 is 0 Å². The summed E-state index contributed by atoms with van der Waals surface area (Å²) >= 11 is 0. The fraction of sp³-hybridized carbons (Fsp3) is 0.429. The molecular formula is C21H28. The Morgan fingerprint density at radius 2 is 1.33 bits per heavy atom. The second-order valence-corrected chi connectivity index (χ2v) is 6.89. The summed E-state index contributed by atoms with van der Waals surface area (Å²) in [5.74, 6) is 1.86. The van der Waals surface area contributed by atoms with E-state index in [-0.39, 0.29) is 1.43 Å². The Balaban J connectivity index is 0.00000176. The SMILES string of the molecule is Cc1ccc(-c2ccc(CC3CCC(C)CC3)cc2)cc1.[HH]. The molecule has 0 amide bonds. The third kappa shape index (κ3) is 3.75. The van der Waals surface area contributed by atoms with Gasteiger partial charge in [0.1, 0.15) is 0 Å². The minimum Gasteiger partial charge on any atom is -0.0625 e. The molecule has 1 aliphatic rings. The van der Waals surface area contributed by atoms with Crippen LogP contribution in [0, 0.1) is 18.8 Å². The highest BCUT2D eigenvalue weighted by Crippen LogP contribution is 2.31. The minimum absolute atomic E-state index is 0. The highest BCUT2D eigenvalue weighted by molar-refractivity contribution is 5.63. The van der Waals surface area contributed by atoms with E-state index in [0.717, 1.165) is 11.8 Å². The van der Waals surface area contributed by atoms with E-state index < -0.39 is 0 Å². The van der Waals surface area contributed by atoms with Gasteiger partial charge in [0.25, 0.3) is 0 Å². The lowest BCUT2D eigenvalue weighted by Crippen LogP contribution is -2.14. The maximum Gasteiger partial charge on any atom is 0 e. The number of benzene rings is 2. The molecule has 1 saturated carbocycles. The maximum atomic E-state index is 2.40. The van der Waals surface area contributed by atoms with E-state index in [9.17, 15) is 0 Å². The summed E-state index contributed by atoms with van der Waals surface area (Å²) in [4.78, 5) is 0. The molecule has 21 heavy (non-hydrogen) atoms. The van der Waals surface area contributed by atoms with Gasteiger partial charge in [-0.05, 0) is 54.7 Å². The lowest BCUT2D eigenvalue weighted by molar-refractivity contribution is 0.289. The van der Waals surface area contributed by atoms with E-state index in [0.29, 0.717) is 0 Å². The van der Waals surface area contributed by atoms with Gasteiger partial charge in [-0.3, -0.25) is 0 Å². The number of hydrogen-bond donors (Lipinski definition) is 0. The summed E-state index contributed by atoms with van der Waals surface area (Å²) in [6.07, 6.45) is 6.95. The van der Waals surface area contributed by atoms with Gasteiger partial charge in [0.15, 0.2) is 0 Å². The molecule has 0 heteroatoms. The van der Waals surface area contributed by atoms with Crippen LogP contribution in [0.2, 0.25) is 0 Å². The summed E-state index contributed by atoms with van der Waals surface area (Å²) in [7, 11) is 0. The quantitative estimate of drug-likeness (QED) is 0.621. The van der Waals surface area contributed by atoms with Crippen molar-refractivity contribution in [2.45, 2.75) is 46.0 Å². The first-order valence-corrected chi connectivity index (χ1v) is 8.36. The van der Waals surface area contributed by atoms with Gasteiger partial charge in [0, 0.05) is 1.43 Å². The molecule has 0 aromatic heterocycles.